The van der Waals surface area contributed by atoms with Gasteiger partial charge in [0.25, 0.3) is 0 Å². The maximum atomic E-state index is 11.1. The summed E-state index contributed by atoms with van der Waals surface area (Å²) in [4.78, 5) is 6.63. The van der Waals surface area contributed by atoms with Crippen molar-refractivity contribution < 1.29 is 22.3 Å². The number of morpholine rings is 1. The monoisotopic (exact) mass is 527 g/mol. The number of fused-ring (bicyclic) bond motifs is 1. The topological polar surface area (TPSA) is 138 Å². The number of nitrogens with zero attached hydrogens (tertiary/aromatic N) is 6. The van der Waals surface area contributed by atoms with Crippen molar-refractivity contribution in [2.75, 3.05) is 20.2 Å². The normalized spacial score (nSPS) is 18.6. The summed E-state index contributed by atoms with van der Waals surface area (Å²) in [5.74, 6) is 1.28. The van der Waals surface area contributed by atoms with Gasteiger partial charge in [0.15, 0.2) is 0 Å². The number of aryl methyl sites for hydroxylation is 1. The van der Waals surface area contributed by atoms with E-state index in [-0.39, 0.29) is 18.8 Å². The molecule has 2 atom stereocenters. The van der Waals surface area contributed by atoms with Gasteiger partial charge in [0.05, 0.1) is 43.1 Å². The molecule has 0 saturated carbocycles. The summed E-state index contributed by atoms with van der Waals surface area (Å²) in [6, 6.07) is 5.79. The number of ether oxygens (including phenoxy) is 2. The van der Waals surface area contributed by atoms with E-state index in [9.17, 15) is 8.42 Å². The van der Waals surface area contributed by atoms with Gasteiger partial charge in [-0.15, -0.1) is 10.2 Å². The van der Waals surface area contributed by atoms with Gasteiger partial charge >= 0.3 is 0 Å². The van der Waals surface area contributed by atoms with Gasteiger partial charge in [-0.3, -0.25) is 9.58 Å². The van der Waals surface area contributed by atoms with Crippen LogP contribution in [0.5, 0.6) is 5.88 Å². The van der Waals surface area contributed by atoms with Gasteiger partial charge in [0, 0.05) is 49.4 Å². The molecular weight excluding hydrogens is 498 g/mol. The van der Waals surface area contributed by atoms with Crippen molar-refractivity contribution in [2.45, 2.75) is 39.1 Å². The van der Waals surface area contributed by atoms with E-state index in [1.54, 1.807) is 17.1 Å². The minimum atomic E-state index is -2.75. The van der Waals surface area contributed by atoms with Crippen LogP contribution in [0.3, 0.4) is 0 Å². The summed E-state index contributed by atoms with van der Waals surface area (Å²) in [5, 5.41) is 14.0. The molecule has 0 aliphatic carbocycles. The Bertz CT molecular complexity index is 1480. The smallest absolute Gasteiger partial charge is 0.248 e. The second-order valence-corrected chi connectivity index (χ2v) is 9.99. The first-order valence-electron chi connectivity index (χ1n) is 11.9. The number of benzene rings is 1. The zero-order chi connectivity index (χ0) is 26.1. The van der Waals surface area contributed by atoms with Gasteiger partial charge in [-0.2, -0.15) is 5.10 Å². The average molecular weight is 528 g/mol. The molecule has 1 fully saturated rings. The average Bonchev–Trinajstić information content (AvgIpc) is 3.48. The zero-order valence-corrected chi connectivity index (χ0v) is 21.9. The fourth-order valence-electron chi connectivity index (χ4n) is 4.74. The summed E-state index contributed by atoms with van der Waals surface area (Å²) in [7, 11) is 0.602. The Labute approximate surface area is 215 Å². The quantitative estimate of drug-likeness (QED) is 0.327. The molecule has 1 aliphatic heterocycles. The molecule has 0 bridgehead atoms. The molecule has 1 aliphatic rings. The number of hydrogen-bond donors (Lipinski definition) is 2. The Kier molecular flexibility index (Phi) is 7.20. The van der Waals surface area contributed by atoms with Crippen molar-refractivity contribution >= 4 is 21.8 Å². The molecule has 0 radical (unpaired) electrons. The number of thiol groups is 1. The molecular formula is C24H29N7O5S. The fraction of sp³-hybridized carbons (Fsp3) is 0.417. The molecule has 1 saturated heterocycles. The summed E-state index contributed by atoms with van der Waals surface area (Å²) >= 11 is 0. The molecule has 12 nitrogen and oxygen atoms in total. The standard InChI is InChI=1S/C24H29N7O5S/c1-14-11-31(12-15(2)35-14)13-22-28-29-24(36-22)19-6-16(7-21-20(19)10-26-30(21)3)17-5-18(9-27-37(32)33)23(34-4)25-8-17/h5-8,10,14-15,37H,9,11-13H2,1-4H3,(H,27,32,33)/t14-,15+. The highest BCUT2D eigenvalue weighted by molar-refractivity contribution is 7.70. The first-order valence-corrected chi connectivity index (χ1v) is 13.1. The van der Waals surface area contributed by atoms with Crippen molar-refractivity contribution in [1.82, 2.24) is 34.6 Å². The molecule has 3 aromatic heterocycles. The van der Waals surface area contributed by atoms with Crippen molar-refractivity contribution in [1.29, 1.82) is 0 Å². The van der Waals surface area contributed by atoms with Crippen LogP contribution >= 0.6 is 0 Å². The highest BCUT2D eigenvalue weighted by Crippen LogP contribution is 2.34. The third-order valence-electron chi connectivity index (χ3n) is 6.27. The zero-order valence-electron chi connectivity index (χ0n) is 21.0. The van der Waals surface area contributed by atoms with Gasteiger partial charge in [-0.25, -0.2) is 18.1 Å². The van der Waals surface area contributed by atoms with Crippen LogP contribution in [-0.2, 0) is 35.8 Å². The van der Waals surface area contributed by atoms with E-state index < -0.39 is 10.9 Å². The van der Waals surface area contributed by atoms with Crippen LogP contribution in [0.4, 0.5) is 0 Å². The van der Waals surface area contributed by atoms with E-state index >= 15 is 0 Å². The Balaban J connectivity index is 1.51. The van der Waals surface area contributed by atoms with Gasteiger partial charge < -0.3 is 13.9 Å². The maximum Gasteiger partial charge on any atom is 0.248 e. The summed E-state index contributed by atoms with van der Waals surface area (Å²) in [6.07, 6.45) is 3.74. The minimum absolute atomic E-state index is 0.0648. The minimum Gasteiger partial charge on any atom is -0.481 e. The SMILES string of the molecule is COc1ncc(-c2cc(-c3nnc(CN4C[C@@H](C)O[C@@H](C)C4)o3)c3cnn(C)c3c2)cc1CN[SH](=O)=O. The lowest BCUT2D eigenvalue weighted by Crippen LogP contribution is -2.44. The van der Waals surface area contributed by atoms with Crippen LogP contribution in [0.1, 0.15) is 25.3 Å². The largest absolute Gasteiger partial charge is 0.481 e. The second-order valence-electron chi connectivity index (χ2n) is 9.16. The summed E-state index contributed by atoms with van der Waals surface area (Å²) in [5.41, 5.74) is 3.85. The third kappa shape index (κ3) is 5.49. The molecule has 4 aromatic rings. The maximum absolute atomic E-state index is 11.1. The Morgan fingerprint density at radius 1 is 1.11 bits per heavy atom. The van der Waals surface area contributed by atoms with Crippen molar-refractivity contribution in [2.24, 2.45) is 7.05 Å². The van der Waals surface area contributed by atoms with Gasteiger partial charge in [0.1, 0.15) is 0 Å². The number of nitrogens with one attached hydrogen (secondary N) is 1. The summed E-state index contributed by atoms with van der Waals surface area (Å²) in [6.45, 7) is 6.32. The number of hydrogen-bond acceptors (Lipinski definition) is 10. The number of aromatic nitrogens is 5. The lowest BCUT2D eigenvalue weighted by Gasteiger charge is -2.34. The van der Waals surface area contributed by atoms with Gasteiger partial charge in [-0.05, 0) is 37.6 Å². The molecule has 13 heteroatoms. The van der Waals surface area contributed by atoms with E-state index in [2.05, 4.69) is 43.7 Å². The van der Waals surface area contributed by atoms with Crippen LogP contribution in [0.15, 0.2) is 35.0 Å². The fourth-order valence-corrected chi connectivity index (χ4v) is 5.04. The predicted molar refractivity (Wildman–Crippen MR) is 136 cm³/mol. The lowest BCUT2D eigenvalue weighted by atomic mass is 10.00. The second kappa shape index (κ2) is 10.5. The van der Waals surface area contributed by atoms with E-state index in [4.69, 9.17) is 13.9 Å². The molecule has 0 spiro atoms. The first kappa shape index (κ1) is 25.3. The Morgan fingerprint density at radius 3 is 2.62 bits per heavy atom. The highest BCUT2D eigenvalue weighted by Gasteiger charge is 2.24. The van der Waals surface area contributed by atoms with Crippen molar-refractivity contribution in [3.05, 3.63) is 42.0 Å². The highest BCUT2D eigenvalue weighted by atomic mass is 32.2. The van der Waals surface area contributed by atoms with Crippen LogP contribution in [-0.4, -0.2) is 70.7 Å². The molecule has 0 amide bonds. The molecule has 1 aromatic carbocycles. The Hall–Kier alpha value is -3.39. The van der Waals surface area contributed by atoms with Crippen LogP contribution in [0.25, 0.3) is 33.5 Å². The van der Waals surface area contributed by atoms with Crippen molar-refractivity contribution in [3.63, 3.8) is 0 Å². The van der Waals surface area contributed by atoms with E-state index in [1.807, 2.05) is 25.2 Å². The molecule has 37 heavy (non-hydrogen) atoms. The molecule has 196 valence electrons. The van der Waals surface area contributed by atoms with E-state index in [1.165, 1.54) is 7.11 Å². The third-order valence-corrected chi connectivity index (χ3v) is 6.69. The Morgan fingerprint density at radius 2 is 1.89 bits per heavy atom. The molecule has 5 rings (SSSR count). The molecule has 1 N–H and O–H groups in total. The van der Waals surface area contributed by atoms with Crippen molar-refractivity contribution in [3.8, 4) is 28.5 Å². The lowest BCUT2D eigenvalue weighted by molar-refractivity contribution is -0.0721. The predicted octanol–water partition coefficient (Wildman–Crippen LogP) is 1.92. The van der Waals surface area contributed by atoms with E-state index in [0.29, 0.717) is 29.8 Å². The first-order chi connectivity index (χ1) is 17.8. The van der Waals surface area contributed by atoms with E-state index in [0.717, 1.165) is 40.7 Å². The molecule has 4 heterocycles. The number of methoxy groups -OCH3 is 1. The van der Waals surface area contributed by atoms with Gasteiger partial charge in [-0.1, -0.05) is 0 Å². The van der Waals surface area contributed by atoms with Gasteiger partial charge in [0.2, 0.25) is 28.6 Å². The summed E-state index contributed by atoms with van der Waals surface area (Å²) < 4.78 is 43.6. The van der Waals surface area contributed by atoms with Crippen LogP contribution in [0, 0.1) is 0 Å². The van der Waals surface area contributed by atoms with Crippen LogP contribution < -0.4 is 9.46 Å². The number of pyridine rings is 1. The van der Waals surface area contributed by atoms with Crippen LogP contribution in [0.2, 0.25) is 0 Å². The number of rotatable bonds is 8. The molecule has 0 unspecified atom stereocenters.